The number of hydrogen-bond acceptors (Lipinski definition) is 4. The second-order valence-corrected chi connectivity index (χ2v) is 7.25. The van der Waals surface area contributed by atoms with Gasteiger partial charge < -0.3 is 21.1 Å². The Balaban J connectivity index is 2.66. The fourth-order valence-electron chi connectivity index (χ4n) is 2.67. The molecular weight excluding hydrogens is 298 g/mol. The highest BCUT2D eigenvalue weighted by Gasteiger charge is 2.29. The molecule has 0 heterocycles. The number of hydrogen-bond donors (Lipinski definition) is 3. The van der Waals surface area contributed by atoms with Crippen LogP contribution in [0.15, 0.2) is 0 Å². The third-order valence-corrected chi connectivity index (χ3v) is 3.85. The first kappa shape index (κ1) is 19.3. The van der Waals surface area contributed by atoms with Crippen molar-refractivity contribution in [2.45, 2.75) is 77.5 Å². The quantitative estimate of drug-likeness (QED) is 0.709. The maximum Gasteiger partial charge on any atom is 0.408 e. The third-order valence-electron chi connectivity index (χ3n) is 3.85. The molecule has 3 amide bonds. The van der Waals surface area contributed by atoms with Gasteiger partial charge >= 0.3 is 6.09 Å². The number of amides is 3. The molecule has 7 nitrogen and oxygen atoms in total. The van der Waals surface area contributed by atoms with Crippen molar-refractivity contribution in [3.05, 3.63) is 0 Å². The maximum atomic E-state index is 12.4. The van der Waals surface area contributed by atoms with Gasteiger partial charge in [-0.25, -0.2) is 4.79 Å². The number of nitrogens with two attached hydrogens (primary N) is 1. The molecule has 0 bridgehead atoms. The number of nitrogens with one attached hydrogen (secondary N) is 2. The van der Waals surface area contributed by atoms with Crippen LogP contribution < -0.4 is 16.4 Å². The lowest BCUT2D eigenvalue weighted by atomic mass is 9.86. The normalized spacial score (nSPS) is 22.8. The maximum absolute atomic E-state index is 12.4. The standard InChI is InChI=1S/C16H29N3O4/c1-10-7-5-6-8-11(10)18-14(21)12(9-13(17)20)19-15(22)23-16(2,3)4/h10-12H,5-9H2,1-4H3,(H2,17,20)(H,18,21)(H,19,22)/t10-,11+,12-/m1/s1. The summed E-state index contributed by atoms with van der Waals surface area (Å²) in [4.78, 5) is 35.4. The van der Waals surface area contributed by atoms with Crippen molar-refractivity contribution in [3.8, 4) is 0 Å². The van der Waals surface area contributed by atoms with Crippen LogP contribution >= 0.6 is 0 Å². The van der Waals surface area contributed by atoms with Gasteiger partial charge in [-0.05, 0) is 39.5 Å². The van der Waals surface area contributed by atoms with Crippen LogP contribution in [0.25, 0.3) is 0 Å². The summed E-state index contributed by atoms with van der Waals surface area (Å²) in [7, 11) is 0. The molecule has 1 rings (SSSR count). The Morgan fingerprint density at radius 2 is 1.83 bits per heavy atom. The first-order chi connectivity index (χ1) is 10.6. The average molecular weight is 327 g/mol. The van der Waals surface area contributed by atoms with Gasteiger partial charge in [-0.1, -0.05) is 19.8 Å². The first-order valence-corrected chi connectivity index (χ1v) is 8.16. The lowest BCUT2D eigenvalue weighted by molar-refractivity contribution is -0.128. The molecule has 1 fully saturated rings. The van der Waals surface area contributed by atoms with E-state index >= 15 is 0 Å². The summed E-state index contributed by atoms with van der Waals surface area (Å²) >= 11 is 0. The Kier molecular flexibility index (Phi) is 6.84. The molecule has 0 aromatic carbocycles. The lowest BCUT2D eigenvalue weighted by Crippen LogP contribution is -2.53. The highest BCUT2D eigenvalue weighted by atomic mass is 16.6. The minimum Gasteiger partial charge on any atom is -0.444 e. The molecule has 0 aliphatic heterocycles. The molecule has 0 radical (unpaired) electrons. The number of carbonyl (C=O) groups is 3. The second-order valence-electron chi connectivity index (χ2n) is 7.25. The van der Waals surface area contributed by atoms with Crippen LogP contribution in [-0.4, -0.2) is 35.6 Å². The van der Waals surface area contributed by atoms with Crippen LogP contribution in [0.3, 0.4) is 0 Å². The van der Waals surface area contributed by atoms with Crippen molar-refractivity contribution >= 4 is 17.9 Å². The molecule has 0 aromatic heterocycles. The SMILES string of the molecule is C[C@@H]1CCCC[C@@H]1NC(=O)[C@@H](CC(N)=O)NC(=O)OC(C)(C)C. The van der Waals surface area contributed by atoms with Gasteiger partial charge in [-0.15, -0.1) is 0 Å². The van der Waals surface area contributed by atoms with E-state index in [1.54, 1.807) is 20.8 Å². The number of rotatable bonds is 5. The van der Waals surface area contributed by atoms with Gasteiger partial charge in [0.2, 0.25) is 11.8 Å². The number of ether oxygens (including phenoxy) is 1. The van der Waals surface area contributed by atoms with E-state index in [0.29, 0.717) is 5.92 Å². The third kappa shape index (κ3) is 7.34. The van der Waals surface area contributed by atoms with E-state index in [1.165, 1.54) is 0 Å². The molecule has 132 valence electrons. The monoisotopic (exact) mass is 327 g/mol. The van der Waals surface area contributed by atoms with E-state index in [9.17, 15) is 14.4 Å². The Hall–Kier alpha value is -1.79. The van der Waals surface area contributed by atoms with Crippen LogP contribution in [0, 0.1) is 5.92 Å². The fraction of sp³-hybridized carbons (Fsp3) is 0.812. The Morgan fingerprint density at radius 3 is 2.35 bits per heavy atom. The molecule has 0 saturated heterocycles. The van der Waals surface area contributed by atoms with Crippen molar-refractivity contribution in [2.75, 3.05) is 0 Å². The summed E-state index contributed by atoms with van der Waals surface area (Å²) in [6.07, 6.45) is 3.19. The van der Waals surface area contributed by atoms with E-state index in [2.05, 4.69) is 17.6 Å². The van der Waals surface area contributed by atoms with E-state index in [1.807, 2.05) is 0 Å². The largest absolute Gasteiger partial charge is 0.444 e. The van der Waals surface area contributed by atoms with Gasteiger partial charge in [0.1, 0.15) is 11.6 Å². The van der Waals surface area contributed by atoms with Crippen LogP contribution in [0.2, 0.25) is 0 Å². The van der Waals surface area contributed by atoms with Crippen molar-refractivity contribution in [2.24, 2.45) is 11.7 Å². The molecule has 0 unspecified atom stereocenters. The topological polar surface area (TPSA) is 111 Å². The molecule has 1 aliphatic rings. The highest BCUT2D eigenvalue weighted by Crippen LogP contribution is 2.23. The summed E-state index contributed by atoms with van der Waals surface area (Å²) in [5.74, 6) is -0.672. The second kappa shape index (κ2) is 8.17. The summed E-state index contributed by atoms with van der Waals surface area (Å²) in [5, 5.41) is 5.36. The van der Waals surface area contributed by atoms with Crippen molar-refractivity contribution < 1.29 is 19.1 Å². The van der Waals surface area contributed by atoms with Gasteiger partial charge in [0, 0.05) is 6.04 Å². The van der Waals surface area contributed by atoms with E-state index < -0.39 is 29.6 Å². The molecule has 1 aliphatic carbocycles. The van der Waals surface area contributed by atoms with E-state index in [0.717, 1.165) is 25.7 Å². The molecule has 0 aromatic rings. The Labute approximate surface area is 137 Å². The number of carbonyl (C=O) groups excluding carboxylic acids is 3. The van der Waals surface area contributed by atoms with Gasteiger partial charge in [0.05, 0.1) is 6.42 Å². The minimum absolute atomic E-state index is 0.0621. The van der Waals surface area contributed by atoms with Gasteiger partial charge in [0.25, 0.3) is 0 Å². The van der Waals surface area contributed by atoms with Crippen LogP contribution in [0.1, 0.15) is 59.8 Å². The zero-order chi connectivity index (χ0) is 17.6. The number of primary amides is 1. The molecule has 7 heteroatoms. The zero-order valence-electron chi connectivity index (χ0n) is 14.5. The summed E-state index contributed by atoms with van der Waals surface area (Å²) in [6.45, 7) is 7.26. The van der Waals surface area contributed by atoms with E-state index in [4.69, 9.17) is 10.5 Å². The van der Waals surface area contributed by atoms with Crippen molar-refractivity contribution in [3.63, 3.8) is 0 Å². The Morgan fingerprint density at radius 1 is 1.22 bits per heavy atom. The van der Waals surface area contributed by atoms with Crippen molar-refractivity contribution in [1.82, 2.24) is 10.6 Å². The molecule has 0 spiro atoms. The molecule has 3 atom stereocenters. The molecule has 23 heavy (non-hydrogen) atoms. The molecular formula is C16H29N3O4. The Bertz CT molecular complexity index is 445. The van der Waals surface area contributed by atoms with Gasteiger partial charge in [-0.3, -0.25) is 9.59 Å². The first-order valence-electron chi connectivity index (χ1n) is 8.16. The van der Waals surface area contributed by atoms with Gasteiger partial charge in [-0.2, -0.15) is 0 Å². The predicted molar refractivity (Wildman–Crippen MR) is 86.5 cm³/mol. The smallest absolute Gasteiger partial charge is 0.408 e. The highest BCUT2D eigenvalue weighted by molar-refractivity contribution is 5.90. The lowest BCUT2D eigenvalue weighted by Gasteiger charge is -2.31. The van der Waals surface area contributed by atoms with Crippen molar-refractivity contribution in [1.29, 1.82) is 0 Å². The minimum atomic E-state index is -1.02. The van der Waals surface area contributed by atoms with Gasteiger partial charge in [0.15, 0.2) is 0 Å². The summed E-state index contributed by atoms with van der Waals surface area (Å²) < 4.78 is 5.13. The summed E-state index contributed by atoms with van der Waals surface area (Å²) in [5.41, 5.74) is 4.50. The zero-order valence-corrected chi connectivity index (χ0v) is 14.5. The van der Waals surface area contributed by atoms with Crippen LogP contribution in [-0.2, 0) is 14.3 Å². The van der Waals surface area contributed by atoms with Crippen LogP contribution in [0.4, 0.5) is 4.79 Å². The van der Waals surface area contributed by atoms with E-state index in [-0.39, 0.29) is 12.5 Å². The summed E-state index contributed by atoms with van der Waals surface area (Å²) in [6, 6.07) is -0.955. The number of alkyl carbamates (subject to hydrolysis) is 1. The molecule has 4 N–H and O–H groups in total. The average Bonchev–Trinajstić information content (AvgIpc) is 2.37. The molecule has 1 saturated carbocycles. The fourth-order valence-corrected chi connectivity index (χ4v) is 2.67. The van der Waals surface area contributed by atoms with Crippen LogP contribution in [0.5, 0.6) is 0 Å². The predicted octanol–water partition coefficient (Wildman–Crippen LogP) is 1.45.